The van der Waals surface area contributed by atoms with Gasteiger partial charge in [-0.05, 0) is 23.8 Å². The van der Waals surface area contributed by atoms with Crippen molar-refractivity contribution in [1.82, 2.24) is 23.9 Å². The molecule has 1 N–H and O–H groups in total. The van der Waals surface area contributed by atoms with Gasteiger partial charge in [0, 0.05) is 33.3 Å². The van der Waals surface area contributed by atoms with E-state index in [4.69, 9.17) is 0 Å². The lowest BCUT2D eigenvalue weighted by Gasteiger charge is -2.06. The van der Waals surface area contributed by atoms with Crippen molar-refractivity contribution in [2.24, 2.45) is 21.1 Å². The van der Waals surface area contributed by atoms with Crippen LogP contribution in [0.4, 0.5) is 5.69 Å². The molecular formula is C21H22N6O2S. The minimum Gasteiger partial charge on any atom is -0.325 e. The lowest BCUT2D eigenvalue weighted by atomic mass is 10.1. The standard InChI is InChI=1S/C21H22N6O2S/c1-25-16-10-9-15(12-17(16)26(2)21(25)29)22-19(28)13-30-20-24-23-18(27(20)3)11-14-7-5-4-6-8-14/h4-10,12H,11,13H2,1-3H3,(H,22,28). The number of aromatic nitrogens is 5. The highest BCUT2D eigenvalue weighted by Crippen LogP contribution is 2.20. The van der Waals surface area contributed by atoms with Gasteiger partial charge in [0.2, 0.25) is 5.91 Å². The SMILES string of the molecule is Cn1c(Cc2ccccc2)nnc1SCC(=O)Nc1ccc2c(c1)n(C)c(=O)n2C. The van der Waals surface area contributed by atoms with Crippen molar-refractivity contribution in [3.8, 4) is 0 Å². The van der Waals surface area contributed by atoms with Crippen LogP contribution < -0.4 is 11.0 Å². The molecule has 0 bridgehead atoms. The number of anilines is 1. The first-order valence-electron chi connectivity index (χ1n) is 9.44. The van der Waals surface area contributed by atoms with E-state index in [1.54, 1.807) is 35.4 Å². The molecule has 30 heavy (non-hydrogen) atoms. The van der Waals surface area contributed by atoms with Gasteiger partial charge in [0.05, 0.1) is 16.8 Å². The van der Waals surface area contributed by atoms with Crippen LogP contribution in [0.1, 0.15) is 11.4 Å². The molecule has 2 aromatic carbocycles. The summed E-state index contributed by atoms with van der Waals surface area (Å²) in [6.07, 6.45) is 0.687. The average molecular weight is 423 g/mol. The second-order valence-corrected chi connectivity index (χ2v) is 8.00. The molecule has 4 aromatic rings. The van der Waals surface area contributed by atoms with Crippen LogP contribution >= 0.6 is 11.8 Å². The fourth-order valence-electron chi connectivity index (χ4n) is 3.31. The number of carbonyl (C=O) groups excluding carboxylic acids is 1. The Kier molecular flexibility index (Phi) is 5.45. The summed E-state index contributed by atoms with van der Waals surface area (Å²) in [4.78, 5) is 24.5. The van der Waals surface area contributed by atoms with E-state index in [2.05, 4.69) is 15.5 Å². The fourth-order valence-corrected chi connectivity index (χ4v) is 4.04. The molecule has 0 atom stereocenters. The summed E-state index contributed by atoms with van der Waals surface area (Å²) in [5.41, 5.74) is 3.30. The quantitative estimate of drug-likeness (QED) is 0.482. The van der Waals surface area contributed by atoms with Crippen molar-refractivity contribution in [2.75, 3.05) is 11.1 Å². The van der Waals surface area contributed by atoms with Crippen molar-refractivity contribution < 1.29 is 4.79 Å². The monoisotopic (exact) mass is 422 g/mol. The summed E-state index contributed by atoms with van der Waals surface area (Å²) in [5.74, 6) is 0.913. The van der Waals surface area contributed by atoms with Gasteiger partial charge in [-0.2, -0.15) is 0 Å². The first-order chi connectivity index (χ1) is 14.4. The molecule has 154 valence electrons. The third-order valence-electron chi connectivity index (χ3n) is 5.02. The minimum absolute atomic E-state index is 0.0994. The normalized spacial score (nSPS) is 11.2. The van der Waals surface area contributed by atoms with Crippen LogP contribution in [0.25, 0.3) is 11.0 Å². The van der Waals surface area contributed by atoms with Gasteiger partial charge < -0.3 is 9.88 Å². The third kappa shape index (κ3) is 3.88. The maximum atomic E-state index is 12.4. The van der Waals surface area contributed by atoms with Crippen molar-refractivity contribution in [2.45, 2.75) is 11.6 Å². The van der Waals surface area contributed by atoms with Gasteiger partial charge in [0.15, 0.2) is 5.16 Å². The van der Waals surface area contributed by atoms with Gasteiger partial charge in [-0.25, -0.2) is 4.79 Å². The van der Waals surface area contributed by atoms with Crippen LogP contribution in [0.2, 0.25) is 0 Å². The topological polar surface area (TPSA) is 86.7 Å². The lowest BCUT2D eigenvalue weighted by Crippen LogP contribution is -2.19. The molecule has 0 aliphatic heterocycles. The number of benzene rings is 2. The molecule has 0 unspecified atom stereocenters. The number of nitrogens with one attached hydrogen (secondary N) is 1. The van der Waals surface area contributed by atoms with Gasteiger partial charge in [0.1, 0.15) is 5.82 Å². The van der Waals surface area contributed by atoms with Crippen LogP contribution in [0.3, 0.4) is 0 Å². The first-order valence-corrected chi connectivity index (χ1v) is 10.4. The number of imidazole rings is 1. The van der Waals surface area contributed by atoms with E-state index in [0.29, 0.717) is 17.3 Å². The average Bonchev–Trinajstić information content (AvgIpc) is 3.20. The Morgan fingerprint density at radius 1 is 0.967 bits per heavy atom. The van der Waals surface area contributed by atoms with Gasteiger partial charge >= 0.3 is 5.69 Å². The number of nitrogens with zero attached hydrogens (tertiary/aromatic N) is 5. The zero-order valence-electron chi connectivity index (χ0n) is 17.0. The Bertz CT molecular complexity index is 1270. The molecule has 4 rings (SSSR count). The predicted molar refractivity (Wildman–Crippen MR) is 118 cm³/mol. The molecule has 0 radical (unpaired) electrons. The Morgan fingerprint density at radius 3 is 2.47 bits per heavy atom. The van der Waals surface area contributed by atoms with Crippen LogP contribution in [0.15, 0.2) is 58.5 Å². The Morgan fingerprint density at radius 2 is 1.70 bits per heavy atom. The van der Waals surface area contributed by atoms with Crippen molar-refractivity contribution in [3.05, 3.63) is 70.4 Å². The summed E-state index contributed by atoms with van der Waals surface area (Å²) in [5, 5.41) is 12.0. The molecular weight excluding hydrogens is 400 g/mol. The first kappa shape index (κ1) is 20.0. The highest BCUT2D eigenvalue weighted by molar-refractivity contribution is 7.99. The zero-order valence-corrected chi connectivity index (χ0v) is 17.8. The maximum absolute atomic E-state index is 12.4. The molecule has 0 spiro atoms. The summed E-state index contributed by atoms with van der Waals surface area (Å²) in [6.45, 7) is 0. The molecule has 2 aromatic heterocycles. The second-order valence-electron chi connectivity index (χ2n) is 7.06. The van der Waals surface area contributed by atoms with E-state index in [-0.39, 0.29) is 17.3 Å². The number of amides is 1. The van der Waals surface area contributed by atoms with Crippen LogP contribution in [0, 0.1) is 0 Å². The summed E-state index contributed by atoms with van der Waals surface area (Å²) >= 11 is 1.34. The minimum atomic E-state index is -0.145. The number of thioether (sulfide) groups is 1. The molecule has 9 heteroatoms. The molecule has 0 saturated carbocycles. The number of fused-ring (bicyclic) bond motifs is 1. The van der Waals surface area contributed by atoms with Crippen molar-refractivity contribution in [3.63, 3.8) is 0 Å². The number of hydrogen-bond donors (Lipinski definition) is 1. The molecule has 0 aliphatic rings. The maximum Gasteiger partial charge on any atom is 0.328 e. The van der Waals surface area contributed by atoms with Crippen LogP contribution in [0.5, 0.6) is 0 Å². The number of carbonyl (C=O) groups is 1. The van der Waals surface area contributed by atoms with E-state index in [0.717, 1.165) is 22.4 Å². The van der Waals surface area contributed by atoms with E-state index in [1.807, 2.05) is 48.0 Å². The molecule has 1 amide bonds. The summed E-state index contributed by atoms with van der Waals surface area (Å²) < 4.78 is 5.06. The van der Waals surface area contributed by atoms with Gasteiger partial charge in [-0.15, -0.1) is 10.2 Å². The summed E-state index contributed by atoms with van der Waals surface area (Å²) in [6, 6.07) is 15.5. The van der Waals surface area contributed by atoms with E-state index >= 15 is 0 Å². The lowest BCUT2D eigenvalue weighted by molar-refractivity contribution is -0.113. The Labute approximate surface area is 177 Å². The molecule has 2 heterocycles. The van der Waals surface area contributed by atoms with Gasteiger partial charge in [0.25, 0.3) is 0 Å². The van der Waals surface area contributed by atoms with Crippen LogP contribution in [-0.4, -0.2) is 35.6 Å². The third-order valence-corrected chi connectivity index (χ3v) is 6.04. The zero-order chi connectivity index (χ0) is 21.3. The molecule has 8 nitrogen and oxygen atoms in total. The number of aryl methyl sites for hydroxylation is 2. The van der Waals surface area contributed by atoms with E-state index in [9.17, 15) is 9.59 Å². The van der Waals surface area contributed by atoms with Gasteiger partial charge in [-0.1, -0.05) is 42.1 Å². The highest BCUT2D eigenvalue weighted by Gasteiger charge is 2.13. The Hall–Kier alpha value is -3.33. The fraction of sp³-hybridized carbons (Fsp3) is 0.238. The molecule has 0 fully saturated rings. The smallest absolute Gasteiger partial charge is 0.325 e. The van der Waals surface area contributed by atoms with Crippen molar-refractivity contribution in [1.29, 1.82) is 0 Å². The van der Waals surface area contributed by atoms with E-state index in [1.165, 1.54) is 11.8 Å². The molecule has 0 aliphatic carbocycles. The largest absolute Gasteiger partial charge is 0.328 e. The highest BCUT2D eigenvalue weighted by atomic mass is 32.2. The molecule has 0 saturated heterocycles. The second kappa shape index (κ2) is 8.19. The summed E-state index contributed by atoms with van der Waals surface area (Å²) in [7, 11) is 5.35. The number of rotatable bonds is 6. The Balaban J connectivity index is 1.40. The predicted octanol–water partition coefficient (Wildman–Crippen LogP) is 2.33. The van der Waals surface area contributed by atoms with Gasteiger partial charge in [-0.3, -0.25) is 13.9 Å². The van der Waals surface area contributed by atoms with Crippen LogP contribution in [-0.2, 0) is 32.4 Å². The van der Waals surface area contributed by atoms with E-state index < -0.39 is 0 Å². The van der Waals surface area contributed by atoms with Crippen molar-refractivity contribution >= 4 is 34.4 Å². The number of hydrogen-bond acceptors (Lipinski definition) is 5.